The van der Waals surface area contributed by atoms with Crippen LogP contribution in [-0.2, 0) is 4.79 Å². The van der Waals surface area contributed by atoms with E-state index < -0.39 is 24.8 Å². The first-order valence-electron chi connectivity index (χ1n) is 12.3. The lowest BCUT2D eigenvalue weighted by molar-refractivity contribution is -0.138. The third-order valence-electron chi connectivity index (χ3n) is 6.23. The zero-order valence-electron chi connectivity index (χ0n) is 22.2. The van der Waals surface area contributed by atoms with Crippen LogP contribution in [0.25, 0.3) is 11.3 Å². The lowest BCUT2D eigenvalue weighted by Crippen LogP contribution is -2.50. The van der Waals surface area contributed by atoms with E-state index in [1.807, 2.05) is 0 Å². The van der Waals surface area contributed by atoms with Gasteiger partial charge in [0.05, 0.1) is 24.9 Å². The van der Waals surface area contributed by atoms with Gasteiger partial charge >= 0.3 is 0 Å². The Morgan fingerprint density at radius 2 is 2.05 bits per heavy atom. The second-order valence-electron chi connectivity index (χ2n) is 9.12. The molecule has 3 heterocycles. The Morgan fingerprint density at radius 1 is 1.25 bits per heavy atom. The van der Waals surface area contributed by atoms with Crippen molar-refractivity contribution in [2.24, 2.45) is 0 Å². The lowest BCUT2D eigenvalue weighted by Gasteiger charge is -2.34. The number of hydrogen-bond acceptors (Lipinski definition) is 10. The van der Waals surface area contributed by atoms with Crippen molar-refractivity contribution >= 4 is 23.6 Å². The standard InChI is InChI=1S/C27H28FN7O5/c1-34(2)26(38)18-5-7-23(32-25(18)39-3)33-27-30-10-8-20(31-27)16-4-6-21(17(12-16)13-29)40-22-9-11-35(14-19(22)28)24(37)15-36/h4-8,10,12,19,22,36H,9,11,14-15H2,1-3H3,(H,30,31,32,33)/t19-,22+/m1/s1. The molecule has 1 aromatic carbocycles. The summed E-state index contributed by atoms with van der Waals surface area (Å²) >= 11 is 0. The Kier molecular flexibility index (Phi) is 8.70. The lowest BCUT2D eigenvalue weighted by atomic mass is 10.0. The summed E-state index contributed by atoms with van der Waals surface area (Å²) in [5.74, 6) is 0.167. The van der Waals surface area contributed by atoms with E-state index in [2.05, 4.69) is 26.3 Å². The van der Waals surface area contributed by atoms with Gasteiger partial charge in [-0.25, -0.2) is 14.4 Å². The Bertz CT molecular complexity index is 1450. The molecule has 3 aromatic rings. The summed E-state index contributed by atoms with van der Waals surface area (Å²) in [7, 11) is 4.69. The predicted molar refractivity (Wildman–Crippen MR) is 142 cm³/mol. The number of ether oxygens (including phenoxy) is 2. The molecule has 2 atom stereocenters. The number of nitrogens with zero attached hydrogens (tertiary/aromatic N) is 6. The van der Waals surface area contributed by atoms with E-state index in [1.54, 1.807) is 50.5 Å². The first-order valence-corrected chi connectivity index (χ1v) is 12.3. The number of carbonyl (C=O) groups is 2. The van der Waals surface area contributed by atoms with Gasteiger partial charge in [0.15, 0.2) is 6.17 Å². The summed E-state index contributed by atoms with van der Waals surface area (Å²) in [5.41, 5.74) is 1.61. The van der Waals surface area contributed by atoms with Crippen LogP contribution in [0, 0.1) is 11.3 Å². The topological polar surface area (TPSA) is 154 Å². The normalized spacial score (nSPS) is 16.6. The van der Waals surface area contributed by atoms with Gasteiger partial charge in [-0.2, -0.15) is 10.2 Å². The maximum atomic E-state index is 14.7. The molecule has 40 heavy (non-hydrogen) atoms. The van der Waals surface area contributed by atoms with E-state index in [1.165, 1.54) is 23.1 Å². The van der Waals surface area contributed by atoms with Crippen molar-refractivity contribution in [1.82, 2.24) is 24.8 Å². The van der Waals surface area contributed by atoms with Crippen LogP contribution in [0.4, 0.5) is 16.2 Å². The molecular formula is C27H28FN7O5. The highest BCUT2D eigenvalue weighted by Gasteiger charge is 2.33. The zero-order valence-corrected chi connectivity index (χ0v) is 22.2. The molecule has 1 aliphatic heterocycles. The van der Waals surface area contributed by atoms with Crippen LogP contribution < -0.4 is 14.8 Å². The van der Waals surface area contributed by atoms with Gasteiger partial charge in [0.1, 0.15) is 35.9 Å². The summed E-state index contributed by atoms with van der Waals surface area (Å²) in [6.45, 7) is -0.611. The molecular weight excluding hydrogens is 521 g/mol. The smallest absolute Gasteiger partial charge is 0.258 e. The van der Waals surface area contributed by atoms with Crippen LogP contribution in [0.15, 0.2) is 42.6 Å². The maximum absolute atomic E-state index is 14.7. The number of nitrogens with one attached hydrogen (secondary N) is 1. The molecule has 208 valence electrons. The molecule has 0 aliphatic carbocycles. The summed E-state index contributed by atoms with van der Waals surface area (Å²) < 4.78 is 25.8. The van der Waals surface area contributed by atoms with Gasteiger partial charge in [0.25, 0.3) is 5.91 Å². The largest absolute Gasteiger partial charge is 0.486 e. The number of piperidine rings is 1. The van der Waals surface area contributed by atoms with Crippen molar-refractivity contribution in [2.75, 3.05) is 46.2 Å². The molecule has 0 bridgehead atoms. The molecule has 1 saturated heterocycles. The molecule has 1 aliphatic rings. The fraction of sp³-hybridized carbons (Fsp3) is 0.333. The van der Waals surface area contributed by atoms with Crippen LogP contribution in [0.2, 0.25) is 0 Å². The van der Waals surface area contributed by atoms with E-state index in [0.717, 1.165) is 0 Å². The number of nitriles is 1. The Balaban J connectivity index is 1.50. The molecule has 2 aromatic heterocycles. The Labute approximate surface area is 230 Å². The van der Waals surface area contributed by atoms with Crippen molar-refractivity contribution in [3.05, 3.63) is 53.7 Å². The van der Waals surface area contributed by atoms with E-state index in [9.17, 15) is 19.2 Å². The average molecular weight is 550 g/mol. The summed E-state index contributed by atoms with van der Waals surface area (Å²) in [4.78, 5) is 39.7. The molecule has 2 amide bonds. The van der Waals surface area contributed by atoms with Crippen molar-refractivity contribution in [2.45, 2.75) is 18.7 Å². The molecule has 4 rings (SSSR count). The number of aromatic nitrogens is 3. The van der Waals surface area contributed by atoms with Gasteiger partial charge in [-0.1, -0.05) is 0 Å². The zero-order chi connectivity index (χ0) is 28.8. The van der Waals surface area contributed by atoms with E-state index in [0.29, 0.717) is 22.6 Å². The minimum Gasteiger partial charge on any atom is -0.486 e. The Hall–Kier alpha value is -4.83. The fourth-order valence-electron chi connectivity index (χ4n) is 4.15. The second kappa shape index (κ2) is 12.4. The number of amides is 2. The number of benzene rings is 1. The number of pyridine rings is 1. The second-order valence-corrected chi connectivity index (χ2v) is 9.12. The van der Waals surface area contributed by atoms with Crippen molar-refractivity contribution in [3.8, 4) is 29.0 Å². The van der Waals surface area contributed by atoms with Crippen LogP contribution in [-0.4, -0.2) is 94.8 Å². The van der Waals surface area contributed by atoms with Crippen LogP contribution >= 0.6 is 0 Å². The summed E-state index contributed by atoms with van der Waals surface area (Å²) in [5, 5.41) is 21.7. The number of aliphatic hydroxyl groups excluding tert-OH is 1. The monoisotopic (exact) mass is 549 g/mol. The average Bonchev–Trinajstić information content (AvgIpc) is 2.97. The van der Waals surface area contributed by atoms with Gasteiger partial charge in [-0.15, -0.1) is 0 Å². The first kappa shape index (κ1) is 28.2. The number of aliphatic hydroxyl groups is 1. The van der Waals surface area contributed by atoms with Gasteiger partial charge in [-0.05, 0) is 36.4 Å². The molecule has 13 heteroatoms. The molecule has 0 saturated carbocycles. The van der Waals surface area contributed by atoms with Crippen molar-refractivity contribution in [3.63, 3.8) is 0 Å². The fourth-order valence-corrected chi connectivity index (χ4v) is 4.15. The molecule has 0 unspecified atom stereocenters. The van der Waals surface area contributed by atoms with Crippen LogP contribution in [0.1, 0.15) is 22.3 Å². The van der Waals surface area contributed by atoms with Gasteiger partial charge in [0, 0.05) is 38.8 Å². The van der Waals surface area contributed by atoms with Crippen LogP contribution in [0.3, 0.4) is 0 Å². The van der Waals surface area contributed by atoms with Crippen molar-refractivity contribution in [1.29, 1.82) is 5.26 Å². The Morgan fingerprint density at radius 3 is 2.73 bits per heavy atom. The number of rotatable bonds is 8. The molecule has 12 nitrogen and oxygen atoms in total. The van der Waals surface area contributed by atoms with E-state index in [-0.39, 0.29) is 48.6 Å². The number of anilines is 2. The summed E-state index contributed by atoms with van der Waals surface area (Å²) in [6.07, 6.45) is -0.534. The van der Waals surface area contributed by atoms with E-state index in [4.69, 9.17) is 14.6 Å². The SMILES string of the molecule is COc1nc(Nc2nccc(-c3ccc(O[C@H]4CCN(C(=O)CO)C[C@H]4F)c(C#N)c3)n2)ccc1C(=O)N(C)C. The quantitative estimate of drug-likeness (QED) is 0.427. The van der Waals surface area contributed by atoms with Gasteiger partial charge in [-0.3, -0.25) is 9.59 Å². The minimum atomic E-state index is -1.46. The molecule has 1 fully saturated rings. The highest BCUT2D eigenvalue weighted by atomic mass is 19.1. The van der Waals surface area contributed by atoms with Gasteiger partial charge < -0.3 is 29.7 Å². The maximum Gasteiger partial charge on any atom is 0.258 e. The third-order valence-corrected chi connectivity index (χ3v) is 6.23. The summed E-state index contributed by atoms with van der Waals surface area (Å²) in [6, 6.07) is 11.8. The van der Waals surface area contributed by atoms with E-state index >= 15 is 0 Å². The number of carbonyl (C=O) groups excluding carboxylic acids is 2. The number of likely N-dealkylation sites (tertiary alicyclic amines) is 1. The van der Waals surface area contributed by atoms with Crippen molar-refractivity contribution < 1.29 is 28.6 Å². The highest BCUT2D eigenvalue weighted by Crippen LogP contribution is 2.29. The minimum absolute atomic E-state index is 0.148. The molecule has 0 radical (unpaired) electrons. The number of halogens is 1. The number of hydrogen-bond donors (Lipinski definition) is 2. The highest BCUT2D eigenvalue weighted by molar-refractivity contribution is 5.96. The van der Waals surface area contributed by atoms with Crippen LogP contribution in [0.5, 0.6) is 11.6 Å². The third kappa shape index (κ3) is 6.24. The van der Waals surface area contributed by atoms with Gasteiger partial charge in [0.2, 0.25) is 17.7 Å². The molecule has 0 spiro atoms. The molecule has 2 N–H and O–H groups in total. The first-order chi connectivity index (χ1) is 19.2. The predicted octanol–water partition coefficient (Wildman–Crippen LogP) is 2.17. The number of methoxy groups -OCH3 is 1. The number of alkyl halides is 1.